The average Bonchev–Trinajstić information content (AvgIpc) is 3.03. The van der Waals surface area contributed by atoms with Gasteiger partial charge in [-0.2, -0.15) is 0 Å². The third kappa shape index (κ3) is 4.18. The summed E-state index contributed by atoms with van der Waals surface area (Å²) in [6.45, 7) is 3.75. The Morgan fingerprint density at radius 2 is 1.91 bits per heavy atom. The van der Waals surface area contributed by atoms with Gasteiger partial charge in [0.05, 0.1) is 18.1 Å². The van der Waals surface area contributed by atoms with Crippen LogP contribution in [0.5, 0.6) is 0 Å². The maximum atomic E-state index is 5.59. The summed E-state index contributed by atoms with van der Waals surface area (Å²) in [6.07, 6.45) is 8.25. The van der Waals surface area contributed by atoms with Crippen LogP contribution in [-0.4, -0.2) is 34.5 Å². The molecule has 0 aliphatic carbocycles. The molecule has 1 aromatic carbocycles. The lowest BCUT2D eigenvalue weighted by molar-refractivity contribution is 0.334. The van der Waals surface area contributed by atoms with Crippen LogP contribution in [0.1, 0.15) is 24.8 Å². The summed E-state index contributed by atoms with van der Waals surface area (Å²) in [5.41, 5.74) is 8.53. The lowest BCUT2D eigenvalue weighted by Gasteiger charge is -2.14. The van der Waals surface area contributed by atoms with Crippen LogP contribution in [0.25, 0.3) is 0 Å². The van der Waals surface area contributed by atoms with Crippen LogP contribution in [0.2, 0.25) is 0 Å². The number of anilines is 3. The number of nitrogens with zero attached hydrogens (tertiary/aromatic N) is 3. The Morgan fingerprint density at radius 3 is 2.68 bits per heavy atom. The SMILES string of the molecule is Nc1cnc(Nc2cccc(CCCN3CCCC3)c2)nc1. The molecule has 1 fully saturated rings. The Bertz CT molecular complexity index is 590. The largest absolute Gasteiger partial charge is 0.396 e. The normalized spacial score (nSPS) is 15.1. The molecule has 0 bridgehead atoms. The predicted molar refractivity (Wildman–Crippen MR) is 90.2 cm³/mol. The van der Waals surface area contributed by atoms with Gasteiger partial charge in [0.25, 0.3) is 0 Å². The predicted octanol–water partition coefficient (Wildman–Crippen LogP) is 2.83. The van der Waals surface area contributed by atoms with Crippen molar-refractivity contribution in [3.8, 4) is 0 Å². The Kier molecular flexibility index (Phi) is 4.85. The van der Waals surface area contributed by atoms with Crippen molar-refractivity contribution in [3.05, 3.63) is 42.2 Å². The molecule has 0 atom stereocenters. The van der Waals surface area contributed by atoms with E-state index in [1.807, 2.05) is 6.07 Å². The third-order valence-corrected chi connectivity index (χ3v) is 3.99. The summed E-state index contributed by atoms with van der Waals surface area (Å²) >= 11 is 0. The van der Waals surface area contributed by atoms with Crippen molar-refractivity contribution in [2.45, 2.75) is 25.7 Å². The van der Waals surface area contributed by atoms with Gasteiger partial charge in [-0.1, -0.05) is 12.1 Å². The Balaban J connectivity index is 1.53. The molecule has 0 saturated carbocycles. The zero-order valence-corrected chi connectivity index (χ0v) is 12.8. The Morgan fingerprint density at radius 1 is 1.14 bits per heavy atom. The van der Waals surface area contributed by atoms with E-state index in [9.17, 15) is 0 Å². The van der Waals surface area contributed by atoms with Crippen molar-refractivity contribution in [1.29, 1.82) is 0 Å². The van der Waals surface area contributed by atoms with Gasteiger partial charge >= 0.3 is 0 Å². The fraction of sp³-hybridized carbons (Fsp3) is 0.412. The Labute approximate surface area is 131 Å². The number of rotatable bonds is 6. The molecule has 22 heavy (non-hydrogen) atoms. The maximum Gasteiger partial charge on any atom is 0.227 e. The molecule has 1 saturated heterocycles. The smallest absolute Gasteiger partial charge is 0.227 e. The highest BCUT2D eigenvalue weighted by molar-refractivity contribution is 5.54. The second-order valence-corrected chi connectivity index (χ2v) is 5.82. The monoisotopic (exact) mass is 297 g/mol. The molecule has 1 aliphatic heterocycles. The Hall–Kier alpha value is -2.14. The first kappa shape index (κ1) is 14.8. The summed E-state index contributed by atoms with van der Waals surface area (Å²) in [4.78, 5) is 10.9. The van der Waals surface area contributed by atoms with Crippen molar-refractivity contribution >= 4 is 17.3 Å². The molecule has 0 radical (unpaired) electrons. The van der Waals surface area contributed by atoms with Gasteiger partial charge in [-0.15, -0.1) is 0 Å². The molecular weight excluding hydrogens is 274 g/mol. The van der Waals surface area contributed by atoms with E-state index in [1.165, 1.54) is 44.5 Å². The van der Waals surface area contributed by atoms with Crippen molar-refractivity contribution in [3.63, 3.8) is 0 Å². The number of benzene rings is 1. The van der Waals surface area contributed by atoms with Gasteiger partial charge in [-0.25, -0.2) is 9.97 Å². The highest BCUT2D eigenvalue weighted by atomic mass is 15.1. The van der Waals surface area contributed by atoms with Crippen LogP contribution in [0.15, 0.2) is 36.7 Å². The van der Waals surface area contributed by atoms with Gasteiger partial charge in [0.2, 0.25) is 5.95 Å². The maximum absolute atomic E-state index is 5.59. The first-order chi connectivity index (χ1) is 10.8. The summed E-state index contributed by atoms with van der Waals surface area (Å²) in [5, 5.41) is 3.21. The molecule has 1 aliphatic rings. The summed E-state index contributed by atoms with van der Waals surface area (Å²) in [5.74, 6) is 0.573. The van der Waals surface area contributed by atoms with Crippen molar-refractivity contribution in [1.82, 2.24) is 14.9 Å². The minimum atomic E-state index is 0.571. The van der Waals surface area contributed by atoms with E-state index in [2.05, 4.69) is 38.4 Å². The quantitative estimate of drug-likeness (QED) is 0.858. The zero-order chi connectivity index (χ0) is 15.2. The molecule has 1 aromatic heterocycles. The lowest BCUT2D eigenvalue weighted by atomic mass is 10.1. The number of nitrogens with two attached hydrogens (primary N) is 1. The number of hydrogen-bond acceptors (Lipinski definition) is 5. The second-order valence-electron chi connectivity index (χ2n) is 5.82. The number of likely N-dealkylation sites (tertiary alicyclic amines) is 1. The van der Waals surface area contributed by atoms with E-state index in [0.717, 1.165) is 12.1 Å². The van der Waals surface area contributed by atoms with E-state index in [0.29, 0.717) is 11.6 Å². The second kappa shape index (κ2) is 7.22. The van der Waals surface area contributed by atoms with Crippen LogP contribution >= 0.6 is 0 Å². The van der Waals surface area contributed by atoms with E-state index in [1.54, 1.807) is 12.4 Å². The van der Waals surface area contributed by atoms with Gasteiger partial charge < -0.3 is 16.0 Å². The number of hydrogen-bond donors (Lipinski definition) is 2. The summed E-state index contributed by atoms with van der Waals surface area (Å²) in [7, 11) is 0. The average molecular weight is 297 g/mol. The minimum Gasteiger partial charge on any atom is -0.396 e. The number of nitrogen functional groups attached to an aromatic ring is 1. The number of aryl methyl sites for hydroxylation is 1. The molecule has 0 amide bonds. The van der Waals surface area contributed by atoms with Crippen LogP contribution in [0.4, 0.5) is 17.3 Å². The zero-order valence-electron chi connectivity index (χ0n) is 12.8. The van der Waals surface area contributed by atoms with Gasteiger partial charge in [-0.3, -0.25) is 0 Å². The van der Waals surface area contributed by atoms with Crippen molar-refractivity contribution < 1.29 is 0 Å². The summed E-state index contributed by atoms with van der Waals surface area (Å²) in [6, 6.07) is 8.46. The summed E-state index contributed by atoms with van der Waals surface area (Å²) < 4.78 is 0. The molecule has 3 rings (SSSR count). The van der Waals surface area contributed by atoms with Crippen molar-refractivity contribution in [2.24, 2.45) is 0 Å². The third-order valence-electron chi connectivity index (χ3n) is 3.99. The molecule has 0 unspecified atom stereocenters. The fourth-order valence-electron chi connectivity index (χ4n) is 2.85. The molecule has 5 heteroatoms. The van der Waals surface area contributed by atoms with Crippen LogP contribution in [-0.2, 0) is 6.42 Å². The van der Waals surface area contributed by atoms with E-state index >= 15 is 0 Å². The molecule has 2 aromatic rings. The van der Waals surface area contributed by atoms with E-state index in [4.69, 9.17) is 5.73 Å². The van der Waals surface area contributed by atoms with Gasteiger partial charge in [-0.05, 0) is 63.0 Å². The van der Waals surface area contributed by atoms with Gasteiger partial charge in [0, 0.05) is 5.69 Å². The topological polar surface area (TPSA) is 67.1 Å². The molecular formula is C17H23N5. The highest BCUT2D eigenvalue weighted by Gasteiger charge is 2.10. The molecule has 2 heterocycles. The van der Waals surface area contributed by atoms with Crippen LogP contribution in [0, 0.1) is 0 Å². The lowest BCUT2D eigenvalue weighted by Crippen LogP contribution is -2.20. The van der Waals surface area contributed by atoms with Crippen molar-refractivity contribution in [2.75, 3.05) is 30.7 Å². The highest BCUT2D eigenvalue weighted by Crippen LogP contribution is 2.16. The standard InChI is InChI=1S/C17H23N5/c18-15-12-19-17(20-13-15)21-16-7-3-5-14(11-16)6-4-10-22-8-1-2-9-22/h3,5,7,11-13H,1-2,4,6,8-10,18H2,(H,19,20,21). The van der Waals surface area contributed by atoms with E-state index in [-0.39, 0.29) is 0 Å². The number of nitrogens with one attached hydrogen (secondary N) is 1. The van der Waals surface area contributed by atoms with E-state index < -0.39 is 0 Å². The fourth-order valence-corrected chi connectivity index (χ4v) is 2.85. The first-order valence-electron chi connectivity index (χ1n) is 7.95. The first-order valence-corrected chi connectivity index (χ1v) is 7.95. The molecule has 3 N–H and O–H groups in total. The molecule has 116 valence electrons. The van der Waals surface area contributed by atoms with Gasteiger partial charge in [0.15, 0.2) is 0 Å². The molecule has 5 nitrogen and oxygen atoms in total. The molecule has 0 spiro atoms. The van der Waals surface area contributed by atoms with Crippen LogP contribution < -0.4 is 11.1 Å². The van der Waals surface area contributed by atoms with Gasteiger partial charge in [0.1, 0.15) is 0 Å². The minimum absolute atomic E-state index is 0.571. The van der Waals surface area contributed by atoms with Crippen LogP contribution in [0.3, 0.4) is 0 Å². The number of aromatic nitrogens is 2.